The molecule has 8 rings (SSSR count). The first kappa shape index (κ1) is 30.6. The molecule has 0 bridgehead atoms. The van der Waals surface area contributed by atoms with Crippen molar-refractivity contribution in [3.63, 3.8) is 0 Å². The molecule has 48 heavy (non-hydrogen) atoms. The van der Waals surface area contributed by atoms with E-state index in [9.17, 15) is 23.5 Å². The number of pyridine rings is 1. The lowest BCUT2D eigenvalue weighted by atomic mass is 9.81. The number of hydrogen-bond acceptors (Lipinski definition) is 9. The van der Waals surface area contributed by atoms with E-state index in [4.69, 9.17) is 31.8 Å². The predicted molar refractivity (Wildman–Crippen MR) is 166 cm³/mol. The average Bonchev–Trinajstić information content (AvgIpc) is 3.99. The van der Waals surface area contributed by atoms with Crippen LogP contribution in [-0.4, -0.2) is 58.2 Å². The van der Waals surface area contributed by atoms with Gasteiger partial charge in [0.2, 0.25) is 5.91 Å². The van der Waals surface area contributed by atoms with Gasteiger partial charge in [-0.15, -0.1) is 8.78 Å². The summed E-state index contributed by atoms with van der Waals surface area (Å²) in [5.74, 6) is -1.49. The highest BCUT2D eigenvalue weighted by molar-refractivity contribution is 6.35. The number of nitrogens with zero attached hydrogens (tertiary/aromatic N) is 3. The van der Waals surface area contributed by atoms with Crippen LogP contribution in [0.1, 0.15) is 60.3 Å². The highest BCUT2D eigenvalue weighted by atomic mass is 35.5. The predicted octanol–water partition coefficient (Wildman–Crippen LogP) is 4.58. The molecule has 4 heterocycles. The van der Waals surface area contributed by atoms with E-state index < -0.39 is 34.9 Å². The molecule has 4 N–H and O–H groups in total. The number of hydrogen-bond donors (Lipinski definition) is 3. The van der Waals surface area contributed by atoms with E-state index in [-0.39, 0.29) is 52.5 Å². The fourth-order valence-electron chi connectivity index (χ4n) is 6.41. The Bertz CT molecular complexity index is 2050. The fourth-order valence-corrected chi connectivity index (χ4v) is 6.70. The molecule has 2 aliphatic carbocycles. The Balaban J connectivity index is 1.18. The van der Waals surface area contributed by atoms with Gasteiger partial charge in [-0.3, -0.25) is 14.3 Å². The number of alkyl halides is 2. The zero-order valence-corrected chi connectivity index (χ0v) is 26.6. The van der Waals surface area contributed by atoms with Crippen molar-refractivity contribution in [2.75, 3.05) is 20.3 Å². The van der Waals surface area contributed by atoms with Crippen molar-refractivity contribution in [3.05, 3.63) is 58.4 Å². The first-order valence-corrected chi connectivity index (χ1v) is 15.8. The van der Waals surface area contributed by atoms with Gasteiger partial charge in [0.05, 0.1) is 30.4 Å². The number of nitrogens with two attached hydrogens (primary N) is 1. The lowest BCUT2D eigenvalue weighted by Crippen LogP contribution is -2.44. The number of methoxy groups -OCH3 is 1. The zero-order chi connectivity index (χ0) is 33.7. The topological polar surface area (TPSA) is 160 Å². The lowest BCUT2D eigenvalue weighted by Gasteiger charge is -2.30. The smallest absolute Gasteiger partial charge is 0.494 e. The molecule has 2 amide bonds. The molecule has 0 saturated heterocycles. The van der Waals surface area contributed by atoms with Gasteiger partial charge in [0, 0.05) is 28.3 Å². The number of benzene rings is 2. The van der Waals surface area contributed by atoms with Gasteiger partial charge in [0.1, 0.15) is 40.3 Å². The molecular weight excluding hydrogens is 652 g/mol. The Kier molecular flexibility index (Phi) is 6.64. The molecule has 2 aromatic heterocycles. The normalized spacial score (nSPS) is 21.8. The SMILES string of the molecule is COc1cc(C(=O)NC[C@](O)(c2cc3c(c(-c4ccc5c(c4Cl)OC(F)(F)O5)n2)OC[C@]3(C)C(N)=O)C2CC2)cc2cn(C3CC3)nc12. The van der Waals surface area contributed by atoms with Crippen molar-refractivity contribution in [2.45, 2.75) is 56.0 Å². The number of carbonyl (C=O) groups is 2. The number of carbonyl (C=O) groups excluding carboxylic acids is 2. The van der Waals surface area contributed by atoms with Crippen LogP contribution in [0.25, 0.3) is 22.2 Å². The molecule has 2 fully saturated rings. The van der Waals surface area contributed by atoms with Crippen LogP contribution >= 0.6 is 11.6 Å². The van der Waals surface area contributed by atoms with Crippen molar-refractivity contribution in [1.82, 2.24) is 20.1 Å². The second-order valence-electron chi connectivity index (χ2n) is 13.0. The Morgan fingerprint density at radius 2 is 1.96 bits per heavy atom. The molecule has 2 aliphatic heterocycles. The third-order valence-corrected chi connectivity index (χ3v) is 9.97. The monoisotopic (exact) mass is 681 g/mol. The number of aromatic nitrogens is 3. The first-order chi connectivity index (χ1) is 22.8. The third kappa shape index (κ3) is 4.80. The van der Waals surface area contributed by atoms with E-state index in [0.717, 1.165) is 18.2 Å². The summed E-state index contributed by atoms with van der Waals surface area (Å²) < 4.78 is 50.4. The molecule has 0 radical (unpaired) electrons. The number of fused-ring (bicyclic) bond motifs is 3. The molecule has 4 aliphatic rings. The van der Waals surface area contributed by atoms with Gasteiger partial charge in [-0.25, -0.2) is 4.98 Å². The Hall–Kier alpha value is -4.69. The maximum atomic E-state index is 13.9. The summed E-state index contributed by atoms with van der Waals surface area (Å²) in [5.41, 5.74) is 4.43. The van der Waals surface area contributed by atoms with E-state index in [1.807, 2.05) is 10.9 Å². The van der Waals surface area contributed by atoms with Crippen LogP contribution in [0, 0.1) is 5.92 Å². The van der Waals surface area contributed by atoms with Crippen molar-refractivity contribution in [1.29, 1.82) is 0 Å². The van der Waals surface area contributed by atoms with Gasteiger partial charge in [0.25, 0.3) is 5.91 Å². The highest BCUT2D eigenvalue weighted by Crippen LogP contribution is 2.54. The van der Waals surface area contributed by atoms with E-state index >= 15 is 0 Å². The number of primary amides is 1. The summed E-state index contributed by atoms with van der Waals surface area (Å²) >= 11 is 6.59. The van der Waals surface area contributed by atoms with Crippen molar-refractivity contribution in [3.8, 4) is 34.3 Å². The molecule has 12 nitrogen and oxygen atoms in total. The van der Waals surface area contributed by atoms with Crippen LogP contribution in [0.2, 0.25) is 5.02 Å². The number of ether oxygens (including phenoxy) is 4. The minimum absolute atomic E-state index is 0.0763. The van der Waals surface area contributed by atoms with Crippen LogP contribution in [0.3, 0.4) is 0 Å². The van der Waals surface area contributed by atoms with Crippen molar-refractivity contribution < 1.29 is 42.4 Å². The largest absolute Gasteiger partial charge is 0.586 e. The molecule has 2 saturated carbocycles. The van der Waals surface area contributed by atoms with Crippen LogP contribution in [-0.2, 0) is 15.8 Å². The maximum Gasteiger partial charge on any atom is 0.586 e. The average molecular weight is 682 g/mol. The van der Waals surface area contributed by atoms with Gasteiger partial charge in [0.15, 0.2) is 11.5 Å². The second kappa shape index (κ2) is 10.4. The minimum Gasteiger partial charge on any atom is -0.494 e. The quantitative estimate of drug-likeness (QED) is 0.230. The summed E-state index contributed by atoms with van der Waals surface area (Å²) in [4.78, 5) is 31.1. The standard InChI is InChI=1S/C33H30ClF2N5O7/c1-31(30(37)43)14-46-27-20(31)11-23(39-26(27)19-7-8-21-28(24(19)34)48-33(35,36)47-21)32(44,17-3-4-17)13-38-29(42)15-9-16-12-41(18-5-6-18)40-25(16)22(10-15)45-2/h7-12,17-18,44H,3-6,13-14H2,1-2H3,(H2,37,43)(H,38,42)/t31-,32+/m0/s1. The summed E-state index contributed by atoms with van der Waals surface area (Å²) in [6, 6.07) is 7.89. The van der Waals surface area contributed by atoms with Crippen LogP contribution in [0.5, 0.6) is 23.0 Å². The summed E-state index contributed by atoms with van der Waals surface area (Å²) in [6.45, 7) is 1.23. The molecule has 2 aromatic carbocycles. The van der Waals surface area contributed by atoms with E-state index in [0.29, 0.717) is 41.3 Å². The minimum atomic E-state index is -3.92. The lowest BCUT2D eigenvalue weighted by molar-refractivity contribution is -0.286. The number of amides is 2. The van der Waals surface area contributed by atoms with Gasteiger partial charge in [-0.05, 0) is 68.9 Å². The maximum absolute atomic E-state index is 13.9. The highest BCUT2D eigenvalue weighted by Gasteiger charge is 2.51. The Morgan fingerprint density at radius 1 is 1.19 bits per heavy atom. The van der Waals surface area contributed by atoms with Crippen molar-refractivity contribution in [2.24, 2.45) is 11.7 Å². The Labute approximate surface area is 277 Å². The van der Waals surface area contributed by atoms with Gasteiger partial charge >= 0.3 is 6.29 Å². The number of nitrogens with one attached hydrogen (secondary N) is 1. The van der Waals surface area contributed by atoms with Gasteiger partial charge in [-0.2, -0.15) is 5.10 Å². The fraction of sp³-hybridized carbons (Fsp3) is 0.394. The molecule has 2 atom stereocenters. The van der Waals surface area contributed by atoms with Gasteiger partial charge < -0.3 is 35.1 Å². The molecule has 4 aromatic rings. The number of halogens is 3. The molecule has 250 valence electrons. The Morgan fingerprint density at radius 3 is 2.65 bits per heavy atom. The molecule has 15 heteroatoms. The summed E-state index contributed by atoms with van der Waals surface area (Å²) in [6.07, 6.45) is 1.35. The molecule has 0 unspecified atom stereocenters. The van der Waals surface area contributed by atoms with Crippen molar-refractivity contribution >= 4 is 34.3 Å². The second-order valence-corrected chi connectivity index (χ2v) is 13.4. The van der Waals surface area contributed by atoms with Crippen LogP contribution in [0.4, 0.5) is 8.78 Å². The van der Waals surface area contributed by atoms with Crippen LogP contribution in [0.15, 0.2) is 36.5 Å². The van der Waals surface area contributed by atoms with Crippen LogP contribution < -0.4 is 30.0 Å². The molecule has 0 spiro atoms. The molecular formula is C33H30ClF2N5O7. The van der Waals surface area contributed by atoms with E-state index in [1.54, 1.807) is 25.1 Å². The van der Waals surface area contributed by atoms with E-state index in [1.165, 1.54) is 19.2 Å². The van der Waals surface area contributed by atoms with E-state index in [2.05, 4.69) is 19.9 Å². The number of aliphatic hydroxyl groups is 1. The van der Waals surface area contributed by atoms with Gasteiger partial charge in [-0.1, -0.05) is 11.6 Å². The number of rotatable bonds is 9. The first-order valence-electron chi connectivity index (χ1n) is 15.5. The summed E-state index contributed by atoms with van der Waals surface area (Å²) in [5, 5.41) is 20.3. The summed E-state index contributed by atoms with van der Waals surface area (Å²) in [7, 11) is 1.51. The zero-order valence-electron chi connectivity index (χ0n) is 25.8. The third-order valence-electron chi connectivity index (χ3n) is 9.59.